The van der Waals surface area contributed by atoms with Gasteiger partial charge >= 0.3 is 0 Å². The maximum Gasteiger partial charge on any atom is 0.0503 e. The SMILES string of the molecule is CC(C)(C)c1ccc2c(c1)C(C)(C)c1cc(-c3ccc4c(c3)C(C)(C)c3cc(C(C)(C)C)ccc3N4c3ccccc3)ccc1N2c1ccccc1. The number of rotatable bonds is 3. The Labute approximate surface area is 311 Å². The van der Waals surface area contributed by atoms with Crippen LogP contribution in [0.15, 0.2) is 133 Å². The van der Waals surface area contributed by atoms with Gasteiger partial charge in [-0.2, -0.15) is 0 Å². The molecule has 0 spiro atoms. The van der Waals surface area contributed by atoms with Gasteiger partial charge in [0, 0.05) is 22.2 Å². The first-order chi connectivity index (χ1) is 24.6. The molecule has 262 valence electrons. The van der Waals surface area contributed by atoms with Crippen LogP contribution in [0, 0.1) is 0 Å². The second-order valence-electron chi connectivity index (χ2n) is 18.0. The second kappa shape index (κ2) is 11.7. The fraction of sp³-hybridized carbons (Fsp3) is 0.280. The van der Waals surface area contributed by atoms with Gasteiger partial charge in [-0.15, -0.1) is 0 Å². The largest absolute Gasteiger partial charge is 0.310 e. The molecule has 0 fully saturated rings. The van der Waals surface area contributed by atoms with E-state index in [0.717, 1.165) is 0 Å². The normalized spacial score (nSPS) is 15.7. The molecule has 0 atom stereocenters. The summed E-state index contributed by atoms with van der Waals surface area (Å²) in [6, 6.07) is 50.2. The molecular formula is C50H52N2. The van der Waals surface area contributed by atoms with Crippen LogP contribution < -0.4 is 9.80 Å². The van der Waals surface area contributed by atoms with E-state index in [4.69, 9.17) is 0 Å². The monoisotopic (exact) mass is 680 g/mol. The predicted octanol–water partition coefficient (Wildman–Crippen LogP) is 14.2. The Morgan fingerprint density at radius 2 is 0.673 bits per heavy atom. The smallest absolute Gasteiger partial charge is 0.0503 e. The van der Waals surface area contributed by atoms with E-state index in [-0.39, 0.29) is 21.7 Å². The van der Waals surface area contributed by atoms with E-state index in [9.17, 15) is 0 Å². The molecule has 0 saturated heterocycles. The highest BCUT2D eigenvalue weighted by Crippen LogP contribution is 2.55. The third kappa shape index (κ3) is 5.38. The van der Waals surface area contributed by atoms with E-state index in [1.165, 1.54) is 78.6 Å². The van der Waals surface area contributed by atoms with Crippen molar-refractivity contribution >= 4 is 34.1 Å². The summed E-state index contributed by atoms with van der Waals surface area (Å²) in [4.78, 5) is 4.92. The van der Waals surface area contributed by atoms with Gasteiger partial charge in [-0.1, -0.05) is 142 Å². The van der Waals surface area contributed by atoms with Crippen molar-refractivity contribution < 1.29 is 0 Å². The van der Waals surface area contributed by atoms with Crippen LogP contribution in [0.2, 0.25) is 0 Å². The van der Waals surface area contributed by atoms with E-state index in [1.807, 2.05) is 0 Å². The lowest BCUT2D eigenvalue weighted by molar-refractivity contribution is 0.580. The Morgan fingerprint density at radius 3 is 1.00 bits per heavy atom. The molecule has 0 aromatic heterocycles. The van der Waals surface area contributed by atoms with Crippen molar-refractivity contribution in [3.63, 3.8) is 0 Å². The van der Waals surface area contributed by atoms with Crippen molar-refractivity contribution in [1.82, 2.24) is 0 Å². The summed E-state index contributed by atoms with van der Waals surface area (Å²) in [5.74, 6) is 0. The Balaban J connectivity index is 1.31. The van der Waals surface area contributed by atoms with Crippen LogP contribution in [0.1, 0.15) is 103 Å². The van der Waals surface area contributed by atoms with Crippen LogP contribution in [-0.2, 0) is 21.7 Å². The van der Waals surface area contributed by atoms with Crippen LogP contribution in [0.25, 0.3) is 11.1 Å². The molecule has 0 saturated carbocycles. The van der Waals surface area contributed by atoms with Gasteiger partial charge in [-0.3, -0.25) is 0 Å². The number of benzene rings is 6. The predicted molar refractivity (Wildman–Crippen MR) is 223 cm³/mol. The van der Waals surface area contributed by atoms with E-state index < -0.39 is 0 Å². The van der Waals surface area contributed by atoms with Crippen LogP contribution in [-0.4, -0.2) is 0 Å². The lowest BCUT2D eigenvalue weighted by Gasteiger charge is -2.43. The van der Waals surface area contributed by atoms with Gasteiger partial charge in [0.25, 0.3) is 0 Å². The molecule has 2 heterocycles. The third-order valence-corrected chi connectivity index (χ3v) is 11.7. The topological polar surface area (TPSA) is 6.48 Å². The summed E-state index contributed by atoms with van der Waals surface area (Å²) < 4.78 is 0. The van der Waals surface area contributed by atoms with Crippen molar-refractivity contribution in [2.24, 2.45) is 0 Å². The lowest BCUT2D eigenvalue weighted by Crippen LogP contribution is -2.31. The summed E-state index contributed by atoms with van der Waals surface area (Å²) in [5.41, 5.74) is 17.7. The molecular weight excluding hydrogens is 629 g/mol. The van der Waals surface area contributed by atoms with E-state index in [0.29, 0.717) is 0 Å². The number of nitrogens with zero attached hydrogens (tertiary/aromatic N) is 2. The minimum absolute atomic E-state index is 0.0562. The Bertz CT molecular complexity index is 2150. The molecule has 6 aromatic rings. The molecule has 0 N–H and O–H groups in total. The van der Waals surface area contributed by atoms with Crippen molar-refractivity contribution in [1.29, 1.82) is 0 Å². The zero-order valence-corrected chi connectivity index (χ0v) is 32.6. The molecule has 0 unspecified atom stereocenters. The molecule has 0 bridgehead atoms. The van der Waals surface area contributed by atoms with Crippen LogP contribution in [0.4, 0.5) is 34.1 Å². The summed E-state index contributed by atoms with van der Waals surface area (Å²) in [6.07, 6.45) is 0. The first-order valence-corrected chi connectivity index (χ1v) is 18.9. The highest BCUT2D eigenvalue weighted by Gasteiger charge is 2.40. The van der Waals surface area contributed by atoms with E-state index >= 15 is 0 Å². The van der Waals surface area contributed by atoms with Crippen LogP contribution >= 0.6 is 0 Å². The Morgan fingerprint density at radius 1 is 0.365 bits per heavy atom. The average molecular weight is 681 g/mol. The maximum atomic E-state index is 2.47. The fourth-order valence-electron chi connectivity index (χ4n) is 8.48. The third-order valence-electron chi connectivity index (χ3n) is 11.7. The quantitative estimate of drug-likeness (QED) is 0.184. The molecule has 6 aromatic carbocycles. The molecule has 2 aliphatic heterocycles. The van der Waals surface area contributed by atoms with Crippen LogP contribution in [0.3, 0.4) is 0 Å². The zero-order chi connectivity index (χ0) is 36.8. The minimum atomic E-state index is -0.201. The van der Waals surface area contributed by atoms with Crippen molar-refractivity contribution in [3.05, 3.63) is 167 Å². The first kappa shape index (κ1) is 34.0. The van der Waals surface area contributed by atoms with Crippen molar-refractivity contribution in [2.45, 2.75) is 90.9 Å². The van der Waals surface area contributed by atoms with E-state index in [2.05, 4.69) is 212 Å². The average Bonchev–Trinajstić information content (AvgIpc) is 3.11. The van der Waals surface area contributed by atoms with E-state index in [1.54, 1.807) is 0 Å². The second-order valence-corrected chi connectivity index (χ2v) is 18.0. The van der Waals surface area contributed by atoms with Gasteiger partial charge in [0.2, 0.25) is 0 Å². The number of hydrogen-bond acceptors (Lipinski definition) is 2. The van der Waals surface area contributed by atoms with Crippen LogP contribution in [0.5, 0.6) is 0 Å². The van der Waals surface area contributed by atoms with Crippen molar-refractivity contribution in [2.75, 3.05) is 9.80 Å². The number of anilines is 6. The minimum Gasteiger partial charge on any atom is -0.310 e. The fourth-order valence-corrected chi connectivity index (χ4v) is 8.48. The van der Waals surface area contributed by atoms with Gasteiger partial charge in [-0.25, -0.2) is 0 Å². The number of para-hydroxylation sites is 2. The van der Waals surface area contributed by atoms with Gasteiger partial charge in [-0.05, 0) is 116 Å². The molecule has 0 aliphatic carbocycles. The Hall–Kier alpha value is -5.08. The number of fused-ring (bicyclic) bond motifs is 4. The Kier molecular flexibility index (Phi) is 7.67. The van der Waals surface area contributed by atoms with Gasteiger partial charge < -0.3 is 9.80 Å². The summed E-state index contributed by atoms with van der Waals surface area (Å²) in [5, 5.41) is 0. The van der Waals surface area contributed by atoms with Gasteiger partial charge in [0.1, 0.15) is 0 Å². The molecule has 2 aliphatic rings. The molecule has 52 heavy (non-hydrogen) atoms. The highest BCUT2D eigenvalue weighted by molar-refractivity contribution is 5.90. The summed E-state index contributed by atoms with van der Waals surface area (Å²) >= 11 is 0. The molecule has 8 rings (SSSR count). The zero-order valence-electron chi connectivity index (χ0n) is 32.6. The lowest BCUT2D eigenvalue weighted by atomic mass is 9.70. The van der Waals surface area contributed by atoms with Gasteiger partial charge in [0.05, 0.1) is 22.7 Å². The highest BCUT2D eigenvalue weighted by atomic mass is 15.2. The summed E-state index contributed by atoms with van der Waals surface area (Å²) in [7, 11) is 0. The van der Waals surface area contributed by atoms with Crippen molar-refractivity contribution in [3.8, 4) is 11.1 Å². The maximum absolute atomic E-state index is 2.47. The van der Waals surface area contributed by atoms with Gasteiger partial charge in [0.15, 0.2) is 0 Å². The first-order valence-electron chi connectivity index (χ1n) is 18.9. The summed E-state index contributed by atoms with van der Waals surface area (Å²) in [6.45, 7) is 23.5. The molecule has 0 radical (unpaired) electrons. The molecule has 0 amide bonds. The number of hydrogen-bond donors (Lipinski definition) is 0. The standard InChI is InChI=1S/C50H52N2/c1-47(2,3)35-23-27-45-41(31-35)49(7,8)39-29-33(21-25-43(39)51(45)37-17-13-11-14-18-37)34-22-26-44-40(30-34)50(9,10)42-32-36(48(4,5)6)24-28-46(42)52(44)38-19-15-12-16-20-38/h11-32H,1-10H3. The molecule has 2 heteroatoms. The molecule has 2 nitrogen and oxygen atoms in total.